The average Bonchev–Trinajstić information content (AvgIpc) is 3.13. The van der Waals surface area contributed by atoms with Gasteiger partial charge in [-0.3, -0.25) is 19.2 Å². The van der Waals surface area contributed by atoms with Crippen molar-refractivity contribution >= 4 is 30.0 Å². The number of carbonyl (C=O) groups is 4. The Kier molecular flexibility index (Phi) is 7.71. The Morgan fingerprint density at radius 1 is 0.976 bits per heavy atom. The van der Waals surface area contributed by atoms with Crippen LogP contribution in [-0.2, 0) is 33.4 Å². The lowest BCUT2D eigenvalue weighted by Crippen LogP contribution is -2.54. The van der Waals surface area contributed by atoms with Crippen molar-refractivity contribution in [2.75, 3.05) is 0 Å². The highest BCUT2D eigenvalue weighted by Gasteiger charge is 2.57. The molecule has 5 aliphatic rings. The van der Waals surface area contributed by atoms with Crippen LogP contribution >= 0.6 is 0 Å². The van der Waals surface area contributed by atoms with E-state index in [0.29, 0.717) is 29.9 Å². The molecule has 0 amide bonds. The van der Waals surface area contributed by atoms with Gasteiger partial charge in [0, 0.05) is 0 Å². The lowest BCUT2D eigenvalue weighted by molar-refractivity contribution is -0.199. The van der Waals surface area contributed by atoms with Crippen LogP contribution in [0.25, 0.3) is 6.08 Å². The second-order valence-corrected chi connectivity index (χ2v) is 14.4. The summed E-state index contributed by atoms with van der Waals surface area (Å²) in [5.41, 5.74) is -2.97. The summed E-state index contributed by atoms with van der Waals surface area (Å²) < 4.78 is 17.2. The number of ether oxygens (including phenoxy) is 3. The Labute approximate surface area is 243 Å². The Bertz CT molecular complexity index is 1210. The van der Waals surface area contributed by atoms with Crippen LogP contribution in [0.5, 0.6) is 0 Å². The van der Waals surface area contributed by atoms with E-state index >= 15 is 0 Å². The van der Waals surface area contributed by atoms with Crippen LogP contribution < -0.4 is 0 Å². The Morgan fingerprint density at radius 2 is 1.56 bits per heavy atom. The maximum Gasteiger partial charge on any atom is 0.320 e. The second kappa shape index (κ2) is 10.7. The smallest absolute Gasteiger partial charge is 0.320 e. The molecule has 0 radical (unpaired) electrons. The van der Waals surface area contributed by atoms with Gasteiger partial charge in [-0.25, -0.2) is 0 Å². The molecule has 1 saturated heterocycles. The highest BCUT2D eigenvalue weighted by Crippen LogP contribution is 2.58. The van der Waals surface area contributed by atoms with E-state index in [2.05, 4.69) is 0 Å². The van der Waals surface area contributed by atoms with E-state index in [-0.39, 0.29) is 25.2 Å². The normalized spacial score (nSPS) is 33.6. The number of cyclic esters (lactones) is 2. The van der Waals surface area contributed by atoms with E-state index in [9.17, 15) is 19.2 Å². The summed E-state index contributed by atoms with van der Waals surface area (Å²) in [7, 11) is 0. The molecule has 0 spiro atoms. The topological polar surface area (TPSA) is 96.0 Å². The molecule has 7 nitrogen and oxygen atoms in total. The van der Waals surface area contributed by atoms with Gasteiger partial charge in [0.2, 0.25) is 0 Å². The number of benzene rings is 1. The molecule has 0 N–H and O–H groups in total. The summed E-state index contributed by atoms with van der Waals surface area (Å²) in [6.45, 7) is 8.88. The van der Waals surface area contributed by atoms with Crippen molar-refractivity contribution in [1.82, 2.24) is 0 Å². The summed E-state index contributed by atoms with van der Waals surface area (Å²) in [5.74, 6) is 0.218. The molecule has 3 unspecified atom stereocenters. The number of hydrogen-bond donors (Lipinski definition) is 0. The van der Waals surface area contributed by atoms with E-state index in [1.807, 2.05) is 44.2 Å². The molecule has 4 aliphatic carbocycles. The van der Waals surface area contributed by atoms with Crippen LogP contribution in [0.2, 0.25) is 0 Å². The van der Waals surface area contributed by atoms with E-state index in [1.54, 1.807) is 26.8 Å². The molecule has 6 rings (SSSR count). The first kappa shape index (κ1) is 29.5. The molecular weight excluding hydrogens is 520 g/mol. The minimum Gasteiger partial charge on any atom is -0.459 e. The lowest BCUT2D eigenvalue weighted by Gasteiger charge is -2.56. The third-order valence-corrected chi connectivity index (χ3v) is 10.3. The zero-order valence-electron chi connectivity index (χ0n) is 25.1. The van der Waals surface area contributed by atoms with Gasteiger partial charge in [0.15, 0.2) is 0 Å². The lowest BCUT2D eigenvalue weighted by atomic mass is 9.54. The molecule has 4 saturated carbocycles. The van der Waals surface area contributed by atoms with Crippen molar-refractivity contribution in [3.8, 4) is 0 Å². The van der Waals surface area contributed by atoms with Crippen molar-refractivity contribution in [3.05, 3.63) is 41.7 Å². The molecule has 5 fully saturated rings. The average molecular weight is 565 g/mol. The summed E-state index contributed by atoms with van der Waals surface area (Å²) in [6.07, 6.45) is 8.78. The number of esters is 4. The third-order valence-electron chi connectivity index (χ3n) is 10.3. The van der Waals surface area contributed by atoms with Gasteiger partial charge in [-0.2, -0.15) is 0 Å². The molecule has 41 heavy (non-hydrogen) atoms. The molecule has 1 aliphatic heterocycles. The van der Waals surface area contributed by atoms with Gasteiger partial charge in [-0.15, -0.1) is 0 Å². The minimum absolute atomic E-state index is 0.0161. The number of rotatable bonds is 10. The predicted molar refractivity (Wildman–Crippen MR) is 153 cm³/mol. The van der Waals surface area contributed by atoms with E-state index in [1.165, 1.54) is 19.3 Å². The summed E-state index contributed by atoms with van der Waals surface area (Å²) in [4.78, 5) is 52.8. The maximum absolute atomic E-state index is 14.0. The SMILES string of the molecule is CCC(C)(CC(C)(CC1(C)CC(=O)OC1=O)C(=O)OC(C)=Cc1ccccc1)C(=O)OC12CC3CC(CC(C3)C1)C2. The predicted octanol–water partition coefficient (Wildman–Crippen LogP) is 6.79. The standard InChI is InChI=1S/C34H44O7/c1-6-31(3,30(38)41-34-16-24-13-25(17-34)15-26(14-24)18-34)20-33(5,21-32(4)19-27(35)40-28(32)36)29(37)39-22(2)12-23-10-8-7-9-11-23/h7-12,24-26H,6,13-21H2,1-5H3. The van der Waals surface area contributed by atoms with Crippen LogP contribution in [-0.4, -0.2) is 29.5 Å². The molecule has 222 valence electrons. The Hall–Kier alpha value is -2.96. The fourth-order valence-corrected chi connectivity index (χ4v) is 8.62. The van der Waals surface area contributed by atoms with Gasteiger partial charge in [-0.05, 0) is 115 Å². The highest BCUT2D eigenvalue weighted by molar-refractivity contribution is 5.97. The van der Waals surface area contributed by atoms with Crippen molar-refractivity contribution in [1.29, 1.82) is 0 Å². The van der Waals surface area contributed by atoms with Gasteiger partial charge in [0.05, 0.1) is 22.7 Å². The van der Waals surface area contributed by atoms with Crippen LogP contribution in [0, 0.1) is 34.0 Å². The monoisotopic (exact) mass is 564 g/mol. The zero-order valence-corrected chi connectivity index (χ0v) is 25.1. The summed E-state index contributed by atoms with van der Waals surface area (Å²) in [5, 5.41) is 0. The van der Waals surface area contributed by atoms with Crippen molar-refractivity contribution < 1.29 is 33.4 Å². The van der Waals surface area contributed by atoms with Gasteiger partial charge < -0.3 is 14.2 Å². The molecule has 1 aromatic carbocycles. The second-order valence-electron chi connectivity index (χ2n) is 14.4. The zero-order chi connectivity index (χ0) is 29.6. The van der Waals surface area contributed by atoms with Crippen molar-refractivity contribution in [3.63, 3.8) is 0 Å². The molecule has 4 bridgehead atoms. The van der Waals surface area contributed by atoms with Crippen LogP contribution in [0.15, 0.2) is 36.1 Å². The fraction of sp³-hybridized carbons (Fsp3) is 0.647. The molecule has 1 heterocycles. The molecular formula is C34H44O7. The minimum atomic E-state index is -1.27. The Morgan fingerprint density at radius 3 is 2.07 bits per heavy atom. The van der Waals surface area contributed by atoms with E-state index < -0.39 is 39.8 Å². The summed E-state index contributed by atoms with van der Waals surface area (Å²) in [6, 6.07) is 9.53. The van der Waals surface area contributed by atoms with Crippen LogP contribution in [0.4, 0.5) is 0 Å². The number of hydrogen-bond acceptors (Lipinski definition) is 7. The quantitative estimate of drug-likeness (QED) is 0.134. The van der Waals surface area contributed by atoms with E-state index in [0.717, 1.165) is 24.8 Å². The number of carbonyl (C=O) groups excluding carboxylic acids is 4. The largest absolute Gasteiger partial charge is 0.459 e. The van der Waals surface area contributed by atoms with Crippen molar-refractivity contribution in [2.24, 2.45) is 34.0 Å². The summed E-state index contributed by atoms with van der Waals surface area (Å²) >= 11 is 0. The van der Waals surface area contributed by atoms with E-state index in [4.69, 9.17) is 14.2 Å². The molecule has 7 heteroatoms. The van der Waals surface area contributed by atoms with Gasteiger partial charge in [0.25, 0.3) is 0 Å². The van der Waals surface area contributed by atoms with Gasteiger partial charge in [-0.1, -0.05) is 37.3 Å². The van der Waals surface area contributed by atoms with Gasteiger partial charge >= 0.3 is 23.9 Å². The molecule has 0 aromatic heterocycles. The van der Waals surface area contributed by atoms with Crippen LogP contribution in [0.3, 0.4) is 0 Å². The van der Waals surface area contributed by atoms with Crippen LogP contribution in [0.1, 0.15) is 104 Å². The van der Waals surface area contributed by atoms with Gasteiger partial charge in [0.1, 0.15) is 11.4 Å². The number of allylic oxidation sites excluding steroid dienone is 1. The maximum atomic E-state index is 14.0. The first-order valence-electron chi connectivity index (χ1n) is 15.2. The van der Waals surface area contributed by atoms with Crippen molar-refractivity contribution in [2.45, 2.75) is 104 Å². The third kappa shape index (κ3) is 6.00. The molecule has 3 atom stereocenters. The molecule has 1 aromatic rings. The highest BCUT2D eigenvalue weighted by atomic mass is 16.6. The first-order valence-corrected chi connectivity index (χ1v) is 15.2. The fourth-order valence-electron chi connectivity index (χ4n) is 8.62. The first-order chi connectivity index (χ1) is 19.3. The Balaban J connectivity index is 1.40.